The van der Waals surface area contributed by atoms with Gasteiger partial charge in [0.05, 0.1) is 0 Å². The molecule has 1 aliphatic carbocycles. The molecule has 0 amide bonds. The van der Waals surface area contributed by atoms with Crippen LogP contribution in [0.4, 0.5) is 0 Å². The molecule has 1 aromatic heterocycles. The second kappa shape index (κ2) is 8.90. The summed E-state index contributed by atoms with van der Waals surface area (Å²) >= 11 is 0. The van der Waals surface area contributed by atoms with Crippen molar-refractivity contribution in [3.8, 4) is 0 Å². The Kier molecular flexibility index (Phi) is 8.14. The Morgan fingerprint density at radius 2 is 1.50 bits per heavy atom. The first-order valence-corrected chi connectivity index (χ1v) is 6.16. The van der Waals surface area contributed by atoms with Crippen LogP contribution in [0.1, 0.15) is 50.9 Å². The molecule has 1 aromatic rings. The van der Waals surface area contributed by atoms with Crippen molar-refractivity contribution in [1.82, 2.24) is 4.98 Å². The highest BCUT2D eigenvalue weighted by molar-refractivity contribution is 5.66. The van der Waals surface area contributed by atoms with E-state index in [1.54, 1.807) is 0 Å². The first kappa shape index (κ1) is 14.6. The predicted molar refractivity (Wildman–Crippen MR) is 74.4 cm³/mol. The first-order chi connectivity index (χ1) is 7.86. The summed E-state index contributed by atoms with van der Waals surface area (Å²) in [5.74, 6) is 0. The zero-order chi connectivity index (χ0) is 12.4. The Labute approximate surface area is 99.9 Å². The van der Waals surface area contributed by atoms with Gasteiger partial charge in [0.1, 0.15) is 0 Å². The number of pyridine rings is 1. The van der Waals surface area contributed by atoms with Crippen LogP contribution in [-0.4, -0.2) is 4.98 Å². The van der Waals surface area contributed by atoms with E-state index in [0.717, 1.165) is 12.1 Å². The highest BCUT2D eigenvalue weighted by Gasteiger charge is 1.98. The van der Waals surface area contributed by atoms with E-state index in [1.807, 2.05) is 40.8 Å². The van der Waals surface area contributed by atoms with Gasteiger partial charge in [-0.25, -0.2) is 0 Å². The zero-order valence-electron chi connectivity index (χ0n) is 11.1. The fourth-order valence-electron chi connectivity index (χ4n) is 1.34. The number of allylic oxidation sites excluding steroid dienone is 2. The predicted octanol–water partition coefficient (Wildman–Crippen LogP) is 4.87. The Balaban J connectivity index is 0.000000509. The quantitative estimate of drug-likeness (QED) is 0.604. The molecule has 0 aliphatic heterocycles. The molecule has 0 saturated heterocycles. The lowest BCUT2D eigenvalue weighted by Crippen LogP contribution is -1.85. The van der Waals surface area contributed by atoms with Crippen molar-refractivity contribution in [1.29, 1.82) is 0 Å². The SMILES string of the molecule is CC.CC.Cc1cc2c(cn1)C=CCC=C2. The van der Waals surface area contributed by atoms with E-state index < -0.39 is 0 Å². The molecule has 88 valence electrons. The van der Waals surface area contributed by atoms with Crippen molar-refractivity contribution < 1.29 is 0 Å². The highest BCUT2D eigenvalue weighted by atomic mass is 14.7. The number of hydrogen-bond donors (Lipinski definition) is 0. The minimum Gasteiger partial charge on any atom is -0.261 e. The maximum atomic E-state index is 4.25. The third-order valence-corrected chi connectivity index (χ3v) is 1.97. The molecular formula is C15H23N. The minimum atomic E-state index is 1.02. The Bertz CT molecular complexity index is 348. The molecule has 0 N–H and O–H groups in total. The maximum absolute atomic E-state index is 4.25. The van der Waals surface area contributed by atoms with Crippen LogP contribution in [0.25, 0.3) is 12.2 Å². The summed E-state index contributed by atoms with van der Waals surface area (Å²) in [4.78, 5) is 4.25. The summed E-state index contributed by atoms with van der Waals surface area (Å²) in [6, 6.07) is 2.11. The third kappa shape index (κ3) is 4.43. The molecule has 0 aromatic carbocycles. The van der Waals surface area contributed by atoms with Crippen molar-refractivity contribution in [2.75, 3.05) is 0 Å². The van der Waals surface area contributed by atoms with Gasteiger partial charge in [-0.2, -0.15) is 0 Å². The Hall–Kier alpha value is -1.37. The average molecular weight is 217 g/mol. The van der Waals surface area contributed by atoms with E-state index >= 15 is 0 Å². The van der Waals surface area contributed by atoms with Gasteiger partial charge in [-0.05, 0) is 30.5 Å². The lowest BCUT2D eigenvalue weighted by molar-refractivity contribution is 1.19. The molecule has 1 heteroatoms. The third-order valence-electron chi connectivity index (χ3n) is 1.97. The smallest absolute Gasteiger partial charge is 0.0379 e. The minimum absolute atomic E-state index is 1.02. The second-order valence-electron chi connectivity index (χ2n) is 3.00. The molecule has 0 fully saturated rings. The molecule has 0 unspecified atom stereocenters. The molecule has 1 nitrogen and oxygen atoms in total. The van der Waals surface area contributed by atoms with Crippen LogP contribution < -0.4 is 0 Å². The Morgan fingerprint density at radius 3 is 2.12 bits per heavy atom. The molecule has 0 spiro atoms. The fourth-order valence-corrected chi connectivity index (χ4v) is 1.34. The summed E-state index contributed by atoms with van der Waals surface area (Å²) in [6.07, 6.45) is 11.6. The molecule has 1 heterocycles. The number of nitrogens with zero attached hydrogens (tertiary/aromatic N) is 1. The Morgan fingerprint density at radius 1 is 0.938 bits per heavy atom. The van der Waals surface area contributed by atoms with Gasteiger partial charge in [0.25, 0.3) is 0 Å². The molecule has 0 bridgehead atoms. The number of aryl methyl sites for hydroxylation is 1. The van der Waals surface area contributed by atoms with Gasteiger partial charge in [0.2, 0.25) is 0 Å². The van der Waals surface area contributed by atoms with Crippen LogP contribution in [0.5, 0.6) is 0 Å². The average Bonchev–Trinajstić information content (AvgIpc) is 2.59. The summed E-state index contributed by atoms with van der Waals surface area (Å²) < 4.78 is 0. The molecule has 0 atom stereocenters. The van der Waals surface area contributed by atoms with Gasteiger partial charge in [-0.1, -0.05) is 52.0 Å². The van der Waals surface area contributed by atoms with Crippen LogP contribution in [-0.2, 0) is 0 Å². The number of aromatic nitrogens is 1. The summed E-state index contributed by atoms with van der Waals surface area (Å²) in [6.45, 7) is 10.0. The van der Waals surface area contributed by atoms with Gasteiger partial charge < -0.3 is 0 Å². The van der Waals surface area contributed by atoms with E-state index in [-0.39, 0.29) is 0 Å². The van der Waals surface area contributed by atoms with Crippen molar-refractivity contribution in [3.63, 3.8) is 0 Å². The van der Waals surface area contributed by atoms with Crippen LogP contribution in [0.3, 0.4) is 0 Å². The van der Waals surface area contributed by atoms with Crippen molar-refractivity contribution in [2.24, 2.45) is 0 Å². The van der Waals surface area contributed by atoms with Gasteiger partial charge in [0, 0.05) is 11.9 Å². The van der Waals surface area contributed by atoms with Crippen LogP contribution in [0, 0.1) is 6.92 Å². The standard InChI is InChI=1S/C11H11N.2C2H6/c1-9-7-10-5-3-2-4-6-11(10)8-12-9;2*1-2/h3-8H,2H2,1H3;2*1-2H3. The van der Waals surface area contributed by atoms with Crippen molar-refractivity contribution >= 4 is 12.2 Å². The van der Waals surface area contributed by atoms with Crippen molar-refractivity contribution in [3.05, 3.63) is 41.2 Å². The second-order valence-corrected chi connectivity index (χ2v) is 3.00. The van der Waals surface area contributed by atoms with E-state index in [0.29, 0.717) is 0 Å². The number of rotatable bonds is 0. The van der Waals surface area contributed by atoms with Gasteiger partial charge in [0.15, 0.2) is 0 Å². The highest BCUT2D eigenvalue weighted by Crippen LogP contribution is 2.16. The van der Waals surface area contributed by atoms with E-state index in [4.69, 9.17) is 0 Å². The summed E-state index contributed by atoms with van der Waals surface area (Å²) in [7, 11) is 0. The molecule has 0 saturated carbocycles. The van der Waals surface area contributed by atoms with E-state index in [9.17, 15) is 0 Å². The number of fused-ring (bicyclic) bond motifs is 1. The molecule has 16 heavy (non-hydrogen) atoms. The molecular weight excluding hydrogens is 194 g/mol. The van der Waals surface area contributed by atoms with Gasteiger partial charge >= 0.3 is 0 Å². The van der Waals surface area contributed by atoms with E-state index in [2.05, 4.69) is 35.4 Å². The molecule has 0 radical (unpaired) electrons. The topological polar surface area (TPSA) is 12.9 Å². The van der Waals surface area contributed by atoms with Crippen molar-refractivity contribution in [2.45, 2.75) is 41.0 Å². The van der Waals surface area contributed by atoms with Crippen LogP contribution >= 0.6 is 0 Å². The molecule has 2 rings (SSSR count). The zero-order valence-corrected chi connectivity index (χ0v) is 11.1. The first-order valence-electron chi connectivity index (χ1n) is 6.16. The summed E-state index contributed by atoms with van der Waals surface area (Å²) in [5, 5.41) is 0. The monoisotopic (exact) mass is 217 g/mol. The van der Waals surface area contributed by atoms with Crippen LogP contribution in [0.2, 0.25) is 0 Å². The largest absolute Gasteiger partial charge is 0.261 e. The van der Waals surface area contributed by atoms with Gasteiger partial charge in [-0.3, -0.25) is 4.98 Å². The lowest BCUT2D eigenvalue weighted by Gasteiger charge is -1.99. The normalized spacial score (nSPS) is 11.3. The lowest BCUT2D eigenvalue weighted by atomic mass is 10.1. The van der Waals surface area contributed by atoms with E-state index in [1.165, 1.54) is 11.1 Å². The number of hydrogen-bond acceptors (Lipinski definition) is 1. The van der Waals surface area contributed by atoms with Gasteiger partial charge in [-0.15, -0.1) is 0 Å². The fraction of sp³-hybridized carbons (Fsp3) is 0.400. The molecule has 1 aliphatic rings. The summed E-state index contributed by atoms with van der Waals surface area (Å²) in [5.41, 5.74) is 3.57. The van der Waals surface area contributed by atoms with Crippen LogP contribution in [0.15, 0.2) is 24.4 Å². The maximum Gasteiger partial charge on any atom is 0.0379 e.